The molecule has 1 aliphatic rings. The summed E-state index contributed by atoms with van der Waals surface area (Å²) < 4.78 is 0. The number of pyridine rings is 1. The van der Waals surface area contributed by atoms with E-state index in [0.717, 1.165) is 30.6 Å². The van der Waals surface area contributed by atoms with Crippen molar-refractivity contribution in [1.82, 2.24) is 10.3 Å². The van der Waals surface area contributed by atoms with E-state index in [1.807, 2.05) is 29.6 Å². The number of rotatable bonds is 7. The maximum Gasteiger partial charge on any atom is 0.248 e. The number of nitrogens with zero attached hydrogens (tertiary/aromatic N) is 2. The number of carbonyl (C=O) groups excluding carboxylic acids is 2. The molecule has 0 unspecified atom stereocenters. The van der Waals surface area contributed by atoms with Crippen molar-refractivity contribution in [3.63, 3.8) is 0 Å². The molecule has 166 valence electrons. The van der Waals surface area contributed by atoms with Crippen LogP contribution in [0.2, 0.25) is 5.02 Å². The molecule has 0 radical (unpaired) electrons. The van der Waals surface area contributed by atoms with E-state index in [0.29, 0.717) is 16.3 Å². The van der Waals surface area contributed by atoms with Gasteiger partial charge in [-0.15, -0.1) is 11.3 Å². The van der Waals surface area contributed by atoms with Gasteiger partial charge in [-0.1, -0.05) is 49.1 Å². The zero-order chi connectivity index (χ0) is 22.3. The summed E-state index contributed by atoms with van der Waals surface area (Å²) in [5, 5.41) is 5.58. The number of halogens is 1. The van der Waals surface area contributed by atoms with Gasteiger partial charge in [0.2, 0.25) is 11.8 Å². The molecule has 32 heavy (non-hydrogen) atoms. The normalized spacial score (nSPS) is 15.2. The van der Waals surface area contributed by atoms with Crippen LogP contribution in [0.15, 0.2) is 66.3 Å². The number of anilines is 1. The second-order valence-corrected chi connectivity index (χ2v) is 9.44. The molecule has 1 aliphatic carbocycles. The summed E-state index contributed by atoms with van der Waals surface area (Å²) in [6.45, 7) is 0. The Hall–Kier alpha value is -2.70. The van der Waals surface area contributed by atoms with Crippen molar-refractivity contribution in [2.45, 2.75) is 50.6 Å². The number of amides is 2. The first-order chi connectivity index (χ1) is 15.6. The molecular formula is C25H26ClN3O2S. The zero-order valence-electron chi connectivity index (χ0n) is 17.7. The highest BCUT2D eigenvalue weighted by atomic mass is 35.5. The highest BCUT2D eigenvalue weighted by Crippen LogP contribution is 2.34. The van der Waals surface area contributed by atoms with Crippen molar-refractivity contribution in [1.29, 1.82) is 0 Å². The Morgan fingerprint density at radius 2 is 1.81 bits per heavy atom. The number of hydrogen-bond acceptors (Lipinski definition) is 4. The zero-order valence-corrected chi connectivity index (χ0v) is 19.3. The standard InChI is InChI=1S/C25H26ClN3O2S/c26-21-10-4-5-11-22(21)29(23(30)17-20-9-6-16-32-20)24(18-12-14-27-15-13-18)25(31)28-19-7-2-1-3-8-19/h4-6,9-16,19,24H,1-3,7-8,17H2,(H,28,31)/t24-/m0/s1. The lowest BCUT2D eigenvalue weighted by atomic mass is 9.94. The van der Waals surface area contributed by atoms with Gasteiger partial charge in [-0.05, 0) is 54.1 Å². The van der Waals surface area contributed by atoms with Gasteiger partial charge in [-0.2, -0.15) is 0 Å². The molecule has 1 aromatic carbocycles. The number of aromatic nitrogens is 1. The Labute approximate surface area is 197 Å². The Bertz CT molecular complexity index is 1040. The van der Waals surface area contributed by atoms with E-state index < -0.39 is 6.04 Å². The first-order valence-corrected chi connectivity index (χ1v) is 12.2. The second kappa shape index (κ2) is 10.7. The Kier molecular flexibility index (Phi) is 7.55. The minimum atomic E-state index is -0.840. The van der Waals surface area contributed by atoms with Crippen molar-refractivity contribution >= 4 is 40.4 Å². The van der Waals surface area contributed by atoms with Crippen LogP contribution in [0.4, 0.5) is 5.69 Å². The van der Waals surface area contributed by atoms with Gasteiger partial charge < -0.3 is 5.32 Å². The molecule has 0 aliphatic heterocycles. The summed E-state index contributed by atoms with van der Waals surface area (Å²) in [5.41, 5.74) is 1.23. The van der Waals surface area contributed by atoms with Crippen LogP contribution in [0.1, 0.15) is 48.6 Å². The lowest BCUT2D eigenvalue weighted by molar-refractivity contribution is -0.127. The molecule has 7 heteroatoms. The number of hydrogen-bond donors (Lipinski definition) is 1. The topological polar surface area (TPSA) is 62.3 Å². The molecule has 1 atom stereocenters. The van der Waals surface area contributed by atoms with Gasteiger partial charge in [0, 0.05) is 23.3 Å². The largest absolute Gasteiger partial charge is 0.351 e. The van der Waals surface area contributed by atoms with Gasteiger partial charge in [-0.3, -0.25) is 19.5 Å². The molecule has 0 saturated heterocycles. The Morgan fingerprint density at radius 1 is 1.06 bits per heavy atom. The molecule has 5 nitrogen and oxygen atoms in total. The van der Waals surface area contributed by atoms with E-state index in [4.69, 9.17) is 11.6 Å². The molecule has 1 fully saturated rings. The van der Waals surface area contributed by atoms with E-state index in [-0.39, 0.29) is 24.3 Å². The van der Waals surface area contributed by atoms with E-state index in [1.54, 1.807) is 41.6 Å². The summed E-state index contributed by atoms with van der Waals surface area (Å²) >= 11 is 8.06. The first-order valence-electron chi connectivity index (χ1n) is 10.9. The lowest BCUT2D eigenvalue weighted by Gasteiger charge is -2.34. The smallest absolute Gasteiger partial charge is 0.248 e. The average Bonchev–Trinajstić information content (AvgIpc) is 3.32. The number of benzene rings is 1. The third-order valence-electron chi connectivity index (χ3n) is 5.77. The molecular weight excluding hydrogens is 442 g/mol. The summed E-state index contributed by atoms with van der Waals surface area (Å²) in [6.07, 6.45) is 8.82. The van der Waals surface area contributed by atoms with Crippen LogP contribution >= 0.6 is 22.9 Å². The van der Waals surface area contributed by atoms with Crippen LogP contribution < -0.4 is 10.2 Å². The van der Waals surface area contributed by atoms with Gasteiger partial charge in [0.1, 0.15) is 6.04 Å². The maximum absolute atomic E-state index is 13.7. The van der Waals surface area contributed by atoms with Crippen molar-refractivity contribution < 1.29 is 9.59 Å². The summed E-state index contributed by atoms with van der Waals surface area (Å²) in [7, 11) is 0. The SMILES string of the molecule is O=C(NC1CCCCC1)[C@H](c1ccncc1)N(C(=O)Cc1cccs1)c1ccccc1Cl. The third kappa shape index (κ3) is 5.37. The minimum Gasteiger partial charge on any atom is -0.351 e. The minimum absolute atomic E-state index is 0.126. The summed E-state index contributed by atoms with van der Waals surface area (Å²) in [4.78, 5) is 33.9. The van der Waals surface area contributed by atoms with Crippen LogP contribution in [-0.4, -0.2) is 22.8 Å². The van der Waals surface area contributed by atoms with Gasteiger partial charge >= 0.3 is 0 Å². The van der Waals surface area contributed by atoms with E-state index >= 15 is 0 Å². The predicted molar refractivity (Wildman–Crippen MR) is 129 cm³/mol. The number of thiophene rings is 1. The maximum atomic E-state index is 13.7. The molecule has 2 aromatic heterocycles. The molecule has 1 N–H and O–H groups in total. The fraction of sp³-hybridized carbons (Fsp3) is 0.320. The molecule has 1 saturated carbocycles. The van der Waals surface area contributed by atoms with E-state index in [9.17, 15) is 9.59 Å². The second-order valence-electron chi connectivity index (χ2n) is 8.00. The predicted octanol–water partition coefficient (Wildman–Crippen LogP) is 5.56. The van der Waals surface area contributed by atoms with Gasteiger partial charge in [0.05, 0.1) is 17.1 Å². The van der Waals surface area contributed by atoms with E-state index in [2.05, 4.69) is 10.3 Å². The summed E-state index contributed by atoms with van der Waals surface area (Å²) in [5.74, 6) is -0.372. The lowest BCUT2D eigenvalue weighted by Crippen LogP contribution is -2.47. The highest BCUT2D eigenvalue weighted by molar-refractivity contribution is 7.10. The molecule has 2 amide bonds. The number of carbonyl (C=O) groups is 2. The monoisotopic (exact) mass is 467 g/mol. The third-order valence-corrected chi connectivity index (χ3v) is 6.96. The molecule has 4 rings (SSSR count). The van der Waals surface area contributed by atoms with Crippen LogP contribution in [0.3, 0.4) is 0 Å². The molecule has 0 bridgehead atoms. The summed E-state index contributed by atoms with van der Waals surface area (Å²) in [6, 6.07) is 13.9. The van der Waals surface area contributed by atoms with Crippen LogP contribution in [-0.2, 0) is 16.0 Å². The molecule has 3 aromatic rings. The van der Waals surface area contributed by atoms with E-state index in [1.165, 1.54) is 17.8 Å². The fourth-order valence-corrected chi connectivity index (χ4v) is 5.13. The van der Waals surface area contributed by atoms with Crippen molar-refractivity contribution in [3.05, 3.63) is 81.8 Å². The Morgan fingerprint density at radius 3 is 2.50 bits per heavy atom. The fourth-order valence-electron chi connectivity index (χ4n) is 4.20. The van der Waals surface area contributed by atoms with Gasteiger partial charge in [0.15, 0.2) is 0 Å². The first kappa shape index (κ1) is 22.5. The average molecular weight is 468 g/mol. The van der Waals surface area contributed by atoms with Crippen molar-refractivity contribution in [3.8, 4) is 0 Å². The Balaban J connectivity index is 1.74. The van der Waals surface area contributed by atoms with Gasteiger partial charge in [0.25, 0.3) is 0 Å². The van der Waals surface area contributed by atoms with Gasteiger partial charge in [-0.25, -0.2) is 0 Å². The van der Waals surface area contributed by atoms with Crippen LogP contribution in [0.25, 0.3) is 0 Å². The quantitative estimate of drug-likeness (QED) is 0.494. The number of nitrogens with one attached hydrogen (secondary N) is 1. The number of para-hydroxylation sites is 1. The van der Waals surface area contributed by atoms with Crippen LogP contribution in [0.5, 0.6) is 0 Å². The van der Waals surface area contributed by atoms with Crippen molar-refractivity contribution in [2.24, 2.45) is 0 Å². The highest BCUT2D eigenvalue weighted by Gasteiger charge is 2.35. The molecule has 0 spiro atoms. The van der Waals surface area contributed by atoms with Crippen LogP contribution in [0, 0.1) is 0 Å². The molecule has 2 heterocycles. The van der Waals surface area contributed by atoms with Crippen molar-refractivity contribution in [2.75, 3.05) is 4.90 Å².